The van der Waals surface area contributed by atoms with Crippen LogP contribution in [0.25, 0.3) is 11.2 Å². The summed E-state index contributed by atoms with van der Waals surface area (Å²) in [5.74, 6) is 0.650. The number of benzene rings is 2. The molecule has 0 saturated heterocycles. The van der Waals surface area contributed by atoms with Crippen LogP contribution in [-0.4, -0.2) is 25.1 Å². The monoisotopic (exact) mass is 411 g/mol. The Morgan fingerprint density at radius 2 is 1.61 bits per heavy atom. The maximum Gasteiger partial charge on any atom is 0.300 e. The molecule has 2 aliphatic rings. The predicted molar refractivity (Wildman–Crippen MR) is 121 cm³/mol. The number of nitrogens with one attached hydrogen (secondary N) is 2. The number of anilines is 1. The first kappa shape index (κ1) is 18.4. The minimum Gasteiger partial charge on any atom is -0.348 e. The first-order chi connectivity index (χ1) is 15.2. The van der Waals surface area contributed by atoms with Crippen LogP contribution in [0.4, 0.5) is 5.95 Å². The summed E-state index contributed by atoms with van der Waals surface area (Å²) in [6, 6.07) is 21.6. The molecular weight excluding hydrogens is 386 g/mol. The smallest absolute Gasteiger partial charge is 0.300 e. The molecule has 2 aromatic heterocycles. The van der Waals surface area contributed by atoms with E-state index in [1.54, 1.807) is 6.33 Å². The molecule has 2 N–H and O–H groups in total. The van der Waals surface area contributed by atoms with E-state index in [4.69, 9.17) is 0 Å². The molecule has 6 heteroatoms. The van der Waals surface area contributed by atoms with Crippen LogP contribution < -0.4 is 10.9 Å². The quantitative estimate of drug-likeness (QED) is 0.533. The van der Waals surface area contributed by atoms with Gasteiger partial charge in [0, 0.05) is 5.41 Å². The number of nitrogens with zero attached hydrogens (tertiary/aromatic N) is 3. The number of aromatic amines is 1. The lowest BCUT2D eigenvalue weighted by atomic mass is 9.65. The van der Waals surface area contributed by atoms with Gasteiger partial charge in [0.2, 0.25) is 5.95 Å². The zero-order valence-corrected chi connectivity index (χ0v) is 17.3. The number of imidazole rings is 1. The van der Waals surface area contributed by atoms with Crippen molar-refractivity contribution in [2.24, 2.45) is 5.41 Å². The number of hydrogen-bond acceptors (Lipinski definition) is 4. The Kier molecular flexibility index (Phi) is 4.03. The molecule has 1 atom stereocenters. The number of H-pyrrole nitrogens is 1. The van der Waals surface area contributed by atoms with Gasteiger partial charge in [-0.1, -0.05) is 67.1 Å². The zero-order valence-electron chi connectivity index (χ0n) is 17.3. The topological polar surface area (TPSA) is 75.6 Å². The highest BCUT2D eigenvalue weighted by Gasteiger charge is 2.57. The Morgan fingerprint density at radius 3 is 2.29 bits per heavy atom. The van der Waals surface area contributed by atoms with Crippen LogP contribution in [0.1, 0.15) is 30.4 Å². The summed E-state index contributed by atoms with van der Waals surface area (Å²) >= 11 is 0. The third-order valence-electron chi connectivity index (χ3n) is 7.38. The van der Waals surface area contributed by atoms with Crippen LogP contribution in [0.5, 0.6) is 0 Å². The molecule has 0 amide bonds. The molecule has 1 spiro atoms. The molecule has 1 fully saturated rings. The number of aromatic nitrogens is 4. The first-order valence-corrected chi connectivity index (χ1v) is 11.0. The highest BCUT2D eigenvalue weighted by Crippen LogP contribution is 2.55. The van der Waals surface area contributed by atoms with Crippen LogP contribution in [0.15, 0.2) is 71.8 Å². The lowest BCUT2D eigenvalue weighted by Gasteiger charge is -2.44. The second-order valence-corrected chi connectivity index (χ2v) is 9.09. The van der Waals surface area contributed by atoms with Crippen molar-refractivity contribution in [1.29, 1.82) is 0 Å². The fourth-order valence-electron chi connectivity index (χ4n) is 5.96. The van der Waals surface area contributed by atoms with E-state index in [0.29, 0.717) is 17.1 Å². The summed E-state index contributed by atoms with van der Waals surface area (Å²) in [7, 11) is 0. The summed E-state index contributed by atoms with van der Waals surface area (Å²) < 4.78 is 2.10. The van der Waals surface area contributed by atoms with Crippen molar-refractivity contribution in [3.8, 4) is 0 Å². The van der Waals surface area contributed by atoms with Crippen molar-refractivity contribution in [1.82, 2.24) is 19.5 Å². The van der Waals surface area contributed by atoms with Crippen LogP contribution in [-0.2, 0) is 19.4 Å². The number of hydrogen-bond donors (Lipinski definition) is 2. The maximum atomic E-state index is 12.5. The van der Waals surface area contributed by atoms with Gasteiger partial charge in [0.15, 0.2) is 11.2 Å². The van der Waals surface area contributed by atoms with Gasteiger partial charge in [-0.15, -0.1) is 0 Å². The molecule has 3 heterocycles. The largest absolute Gasteiger partial charge is 0.348 e. The van der Waals surface area contributed by atoms with Crippen molar-refractivity contribution in [3.05, 3.63) is 88.5 Å². The molecule has 2 aromatic carbocycles. The van der Waals surface area contributed by atoms with Crippen molar-refractivity contribution in [2.75, 3.05) is 5.32 Å². The van der Waals surface area contributed by atoms with Gasteiger partial charge in [-0.2, -0.15) is 4.98 Å². The van der Waals surface area contributed by atoms with Crippen molar-refractivity contribution >= 4 is 17.1 Å². The fraction of sp³-hybridized carbons (Fsp3) is 0.320. The average molecular weight is 412 g/mol. The second kappa shape index (κ2) is 6.80. The van der Waals surface area contributed by atoms with E-state index in [0.717, 1.165) is 38.6 Å². The van der Waals surface area contributed by atoms with E-state index in [-0.39, 0.29) is 16.5 Å². The van der Waals surface area contributed by atoms with Gasteiger partial charge in [-0.3, -0.25) is 9.36 Å². The first-order valence-electron chi connectivity index (χ1n) is 11.0. The number of rotatable bonds is 4. The van der Waals surface area contributed by atoms with Gasteiger partial charge in [0.1, 0.15) is 0 Å². The van der Waals surface area contributed by atoms with Gasteiger partial charge in [0.05, 0.1) is 18.4 Å². The molecule has 6 rings (SSSR count). The van der Waals surface area contributed by atoms with E-state index >= 15 is 0 Å². The van der Waals surface area contributed by atoms with Crippen molar-refractivity contribution < 1.29 is 0 Å². The van der Waals surface area contributed by atoms with Gasteiger partial charge >= 0.3 is 5.56 Å². The summed E-state index contributed by atoms with van der Waals surface area (Å²) in [4.78, 5) is 24.3. The zero-order chi connectivity index (χ0) is 20.9. The Balaban J connectivity index is 1.48. The van der Waals surface area contributed by atoms with Crippen molar-refractivity contribution in [3.63, 3.8) is 0 Å². The molecule has 1 unspecified atom stereocenters. The van der Waals surface area contributed by atoms with Gasteiger partial charge in [0.25, 0.3) is 0 Å². The van der Waals surface area contributed by atoms with E-state index in [1.807, 2.05) is 0 Å². The van der Waals surface area contributed by atoms with Crippen LogP contribution in [0.3, 0.4) is 0 Å². The molecule has 0 bridgehead atoms. The third kappa shape index (κ3) is 2.81. The van der Waals surface area contributed by atoms with Crippen LogP contribution in [0, 0.1) is 5.41 Å². The maximum absolute atomic E-state index is 12.5. The summed E-state index contributed by atoms with van der Waals surface area (Å²) in [5.41, 5.74) is 3.47. The normalized spacial score (nSPS) is 21.4. The molecule has 6 nitrogen and oxygen atoms in total. The molecule has 1 saturated carbocycles. The van der Waals surface area contributed by atoms with Crippen molar-refractivity contribution in [2.45, 2.75) is 44.2 Å². The Morgan fingerprint density at radius 1 is 0.935 bits per heavy atom. The predicted octanol–water partition coefficient (Wildman–Crippen LogP) is 3.94. The lowest BCUT2D eigenvalue weighted by Crippen LogP contribution is -2.52. The van der Waals surface area contributed by atoms with Crippen LogP contribution in [0.2, 0.25) is 0 Å². The third-order valence-corrected chi connectivity index (χ3v) is 7.38. The van der Waals surface area contributed by atoms with Crippen LogP contribution >= 0.6 is 0 Å². The lowest BCUT2D eigenvalue weighted by molar-refractivity contribution is 0.168. The second-order valence-electron chi connectivity index (χ2n) is 9.09. The molecule has 0 radical (unpaired) electrons. The fourth-order valence-corrected chi connectivity index (χ4v) is 5.96. The Hall–Kier alpha value is -3.41. The standard InChI is InChI=1S/C25H25N5O/c31-22-20-21(27-17-26-20)30-16-25(29-23(30)28-22)13-7-12-24(25,14-18-8-3-1-4-9-18)15-19-10-5-2-6-11-19/h1-6,8-11,17H,7,12-16H2,(H,26,27)(H,28,29,31). The minimum absolute atomic E-state index is 0.00901. The van der Waals surface area contributed by atoms with E-state index < -0.39 is 0 Å². The van der Waals surface area contributed by atoms with Gasteiger partial charge < -0.3 is 10.3 Å². The van der Waals surface area contributed by atoms with E-state index in [2.05, 4.69) is 85.5 Å². The molecule has 1 aliphatic carbocycles. The Labute approximate surface area is 180 Å². The molecule has 156 valence electrons. The molecule has 4 aromatic rings. The highest BCUT2D eigenvalue weighted by atomic mass is 16.1. The number of fused-ring (bicyclic) bond motifs is 3. The molecule has 31 heavy (non-hydrogen) atoms. The summed E-state index contributed by atoms with van der Waals surface area (Å²) in [5, 5.41) is 3.76. The molecule has 1 aliphatic heterocycles. The molecular formula is C25H25N5O. The Bertz CT molecular complexity index is 1250. The minimum atomic E-state index is -0.252. The van der Waals surface area contributed by atoms with Gasteiger partial charge in [-0.25, -0.2) is 4.98 Å². The SMILES string of the molecule is O=c1nc2n(c3nc[nH]c13)CC1(CCCC1(Cc1ccccc1)Cc1ccccc1)N2. The summed E-state index contributed by atoms with van der Waals surface area (Å²) in [6.07, 6.45) is 6.88. The summed E-state index contributed by atoms with van der Waals surface area (Å²) in [6.45, 7) is 0.774. The van der Waals surface area contributed by atoms with E-state index in [9.17, 15) is 4.79 Å². The average Bonchev–Trinajstić information content (AvgIpc) is 3.48. The highest BCUT2D eigenvalue weighted by molar-refractivity contribution is 5.72. The van der Waals surface area contributed by atoms with E-state index in [1.165, 1.54) is 11.1 Å². The van der Waals surface area contributed by atoms with Gasteiger partial charge in [-0.05, 0) is 36.8 Å².